The van der Waals surface area contributed by atoms with Crippen LogP contribution in [-0.2, 0) is 6.42 Å². The van der Waals surface area contributed by atoms with Crippen LogP contribution >= 0.6 is 11.3 Å². The third kappa shape index (κ3) is 4.11. The first kappa shape index (κ1) is 16.1. The van der Waals surface area contributed by atoms with E-state index in [9.17, 15) is 8.78 Å². The Hall–Kier alpha value is -1.26. The number of hydrogen-bond acceptors (Lipinski definition) is 2. The number of benzene rings is 1. The van der Waals surface area contributed by atoms with E-state index in [0.717, 1.165) is 19.0 Å². The molecule has 2 rings (SSSR count). The van der Waals surface area contributed by atoms with Crippen molar-refractivity contribution in [1.29, 1.82) is 0 Å². The van der Waals surface area contributed by atoms with Crippen molar-refractivity contribution in [3.8, 4) is 0 Å². The quantitative estimate of drug-likeness (QED) is 0.798. The van der Waals surface area contributed by atoms with Crippen LogP contribution in [0.3, 0.4) is 0 Å². The van der Waals surface area contributed by atoms with E-state index in [-0.39, 0.29) is 17.7 Å². The third-order valence-electron chi connectivity index (χ3n) is 3.60. The first-order valence-corrected chi connectivity index (χ1v) is 8.07. The van der Waals surface area contributed by atoms with Gasteiger partial charge in [0.15, 0.2) is 0 Å². The summed E-state index contributed by atoms with van der Waals surface area (Å²) in [6.07, 6.45) is 1.47. The van der Waals surface area contributed by atoms with Gasteiger partial charge in [-0.1, -0.05) is 6.92 Å². The second-order valence-electron chi connectivity index (χ2n) is 5.33. The molecule has 1 unspecified atom stereocenters. The van der Waals surface area contributed by atoms with Gasteiger partial charge < -0.3 is 5.32 Å². The number of thiophene rings is 1. The van der Waals surface area contributed by atoms with Crippen LogP contribution < -0.4 is 5.32 Å². The van der Waals surface area contributed by atoms with E-state index in [0.29, 0.717) is 12.0 Å². The minimum absolute atomic E-state index is 0.0265. The minimum Gasteiger partial charge on any atom is -0.309 e. The molecule has 0 fully saturated rings. The zero-order valence-corrected chi connectivity index (χ0v) is 13.5. The van der Waals surface area contributed by atoms with Crippen LogP contribution in [0.2, 0.25) is 0 Å². The molecule has 1 aromatic heterocycles. The van der Waals surface area contributed by atoms with Crippen molar-refractivity contribution in [3.63, 3.8) is 0 Å². The van der Waals surface area contributed by atoms with Crippen LogP contribution in [0.4, 0.5) is 8.78 Å². The highest BCUT2D eigenvalue weighted by atomic mass is 32.1. The molecule has 0 aliphatic carbocycles. The molecule has 1 atom stereocenters. The van der Waals surface area contributed by atoms with Crippen molar-refractivity contribution in [2.24, 2.45) is 0 Å². The SMILES string of the molecule is CCCNC(Cc1cc(F)ccc1F)c1cc(C)c(C)s1. The van der Waals surface area contributed by atoms with Crippen LogP contribution in [0.5, 0.6) is 0 Å². The first-order valence-electron chi connectivity index (χ1n) is 7.25. The number of aryl methyl sites for hydroxylation is 2. The van der Waals surface area contributed by atoms with Gasteiger partial charge in [-0.05, 0) is 68.6 Å². The van der Waals surface area contributed by atoms with E-state index in [1.807, 2.05) is 0 Å². The largest absolute Gasteiger partial charge is 0.309 e. The average molecular weight is 309 g/mol. The molecule has 0 bridgehead atoms. The summed E-state index contributed by atoms with van der Waals surface area (Å²) in [5, 5.41) is 3.44. The molecule has 0 aliphatic rings. The monoisotopic (exact) mass is 309 g/mol. The Morgan fingerprint density at radius 1 is 1.19 bits per heavy atom. The van der Waals surface area contributed by atoms with Gasteiger partial charge in [-0.25, -0.2) is 8.78 Å². The summed E-state index contributed by atoms with van der Waals surface area (Å²) >= 11 is 1.72. The van der Waals surface area contributed by atoms with Crippen molar-refractivity contribution < 1.29 is 8.78 Å². The Morgan fingerprint density at radius 2 is 1.95 bits per heavy atom. The lowest BCUT2D eigenvalue weighted by Crippen LogP contribution is -2.23. The van der Waals surface area contributed by atoms with E-state index < -0.39 is 0 Å². The molecule has 114 valence electrons. The summed E-state index contributed by atoms with van der Waals surface area (Å²) in [5.41, 5.74) is 1.67. The second kappa shape index (κ2) is 7.14. The summed E-state index contributed by atoms with van der Waals surface area (Å²) in [6.45, 7) is 7.12. The number of halogens is 2. The maximum atomic E-state index is 13.9. The van der Waals surface area contributed by atoms with Gasteiger partial charge in [-0.2, -0.15) is 0 Å². The third-order valence-corrected chi connectivity index (χ3v) is 4.87. The molecule has 0 aliphatic heterocycles. The molecule has 0 spiro atoms. The fourth-order valence-corrected chi connectivity index (χ4v) is 3.40. The Bertz CT molecular complexity index is 587. The molecule has 0 saturated carbocycles. The second-order valence-corrected chi connectivity index (χ2v) is 6.62. The van der Waals surface area contributed by atoms with E-state index in [4.69, 9.17) is 0 Å². The maximum Gasteiger partial charge on any atom is 0.126 e. The number of hydrogen-bond donors (Lipinski definition) is 1. The van der Waals surface area contributed by atoms with Gasteiger partial charge in [0, 0.05) is 15.8 Å². The van der Waals surface area contributed by atoms with Gasteiger partial charge >= 0.3 is 0 Å². The van der Waals surface area contributed by atoms with E-state index in [2.05, 4.69) is 32.2 Å². The van der Waals surface area contributed by atoms with Crippen LogP contribution in [-0.4, -0.2) is 6.54 Å². The lowest BCUT2D eigenvalue weighted by molar-refractivity contribution is 0.514. The molecular formula is C17H21F2NS. The van der Waals surface area contributed by atoms with Gasteiger partial charge in [0.05, 0.1) is 0 Å². The molecule has 4 heteroatoms. The molecule has 0 saturated heterocycles. The normalized spacial score (nSPS) is 12.6. The van der Waals surface area contributed by atoms with Gasteiger partial charge in [-0.15, -0.1) is 11.3 Å². The molecule has 1 aromatic carbocycles. The average Bonchev–Trinajstić information content (AvgIpc) is 2.78. The Labute approximate surface area is 129 Å². The molecule has 0 amide bonds. The fourth-order valence-electron chi connectivity index (χ4n) is 2.29. The smallest absolute Gasteiger partial charge is 0.126 e. The summed E-state index contributed by atoms with van der Waals surface area (Å²) in [6, 6.07) is 5.83. The first-order chi connectivity index (χ1) is 10.0. The predicted molar refractivity (Wildman–Crippen MR) is 84.9 cm³/mol. The van der Waals surface area contributed by atoms with Crippen LogP contribution in [0.1, 0.15) is 40.3 Å². The summed E-state index contributed by atoms with van der Waals surface area (Å²) < 4.78 is 27.2. The summed E-state index contributed by atoms with van der Waals surface area (Å²) in [5.74, 6) is -0.733. The Morgan fingerprint density at radius 3 is 2.57 bits per heavy atom. The number of rotatable bonds is 6. The minimum atomic E-state index is -0.390. The van der Waals surface area contributed by atoms with Crippen molar-refractivity contribution in [2.45, 2.75) is 39.7 Å². The van der Waals surface area contributed by atoms with Gasteiger partial charge in [-0.3, -0.25) is 0 Å². The van der Waals surface area contributed by atoms with Gasteiger partial charge in [0.1, 0.15) is 11.6 Å². The van der Waals surface area contributed by atoms with Crippen LogP contribution in [0.15, 0.2) is 24.3 Å². The highest BCUT2D eigenvalue weighted by molar-refractivity contribution is 7.12. The number of nitrogens with one attached hydrogen (secondary N) is 1. The summed E-state index contributed by atoms with van der Waals surface area (Å²) in [4.78, 5) is 2.45. The standard InChI is InChI=1S/C17H21F2NS/c1-4-7-20-16(17-8-11(2)12(3)21-17)10-13-9-14(18)5-6-15(13)19/h5-6,8-9,16,20H,4,7,10H2,1-3H3. The maximum absolute atomic E-state index is 13.9. The Kier molecular flexibility index (Phi) is 5.48. The fraction of sp³-hybridized carbons (Fsp3) is 0.412. The van der Waals surface area contributed by atoms with Crippen molar-refractivity contribution in [2.75, 3.05) is 6.54 Å². The van der Waals surface area contributed by atoms with Crippen LogP contribution in [0, 0.1) is 25.5 Å². The zero-order chi connectivity index (χ0) is 15.4. The molecule has 0 radical (unpaired) electrons. The highest BCUT2D eigenvalue weighted by Crippen LogP contribution is 2.29. The van der Waals surface area contributed by atoms with Crippen molar-refractivity contribution in [3.05, 3.63) is 56.8 Å². The van der Waals surface area contributed by atoms with E-state index in [1.54, 1.807) is 11.3 Å². The molecule has 1 N–H and O–H groups in total. The van der Waals surface area contributed by atoms with E-state index >= 15 is 0 Å². The van der Waals surface area contributed by atoms with Gasteiger partial charge in [0.2, 0.25) is 0 Å². The lowest BCUT2D eigenvalue weighted by atomic mass is 10.0. The molecule has 1 heterocycles. The van der Waals surface area contributed by atoms with Crippen molar-refractivity contribution in [1.82, 2.24) is 5.32 Å². The van der Waals surface area contributed by atoms with Crippen molar-refractivity contribution >= 4 is 11.3 Å². The zero-order valence-electron chi connectivity index (χ0n) is 12.7. The Balaban J connectivity index is 2.25. The predicted octanol–water partition coefficient (Wildman–Crippen LogP) is 4.93. The molecule has 21 heavy (non-hydrogen) atoms. The van der Waals surface area contributed by atoms with E-state index in [1.165, 1.54) is 27.5 Å². The van der Waals surface area contributed by atoms with Crippen LogP contribution in [0.25, 0.3) is 0 Å². The summed E-state index contributed by atoms with van der Waals surface area (Å²) in [7, 11) is 0. The highest BCUT2D eigenvalue weighted by Gasteiger charge is 2.17. The lowest BCUT2D eigenvalue weighted by Gasteiger charge is -2.18. The molecular weight excluding hydrogens is 288 g/mol. The molecule has 2 aromatic rings. The van der Waals surface area contributed by atoms with Gasteiger partial charge in [0.25, 0.3) is 0 Å². The topological polar surface area (TPSA) is 12.0 Å². The molecule has 1 nitrogen and oxygen atoms in total.